The Kier molecular flexibility index (Phi) is 9.80. The molecule has 0 bridgehead atoms. The average molecular weight is 482 g/mol. The fourth-order valence-electron chi connectivity index (χ4n) is 3.13. The Bertz CT molecular complexity index is 1130. The lowest BCUT2D eigenvalue weighted by Crippen LogP contribution is -2.42. The van der Waals surface area contributed by atoms with Crippen LogP contribution >= 0.6 is 0 Å². The van der Waals surface area contributed by atoms with Crippen molar-refractivity contribution in [1.82, 2.24) is 9.55 Å². The summed E-state index contributed by atoms with van der Waals surface area (Å²) in [5.74, 6) is -0.844. The number of nitrogens with two attached hydrogens (primary N) is 1. The number of carbonyl (C=O) groups is 1. The van der Waals surface area contributed by atoms with Crippen molar-refractivity contribution in [3.05, 3.63) is 50.7 Å². The van der Waals surface area contributed by atoms with Crippen molar-refractivity contribution in [2.75, 3.05) is 38.0 Å². The predicted molar refractivity (Wildman–Crippen MR) is 124 cm³/mol. The number of aromatic amines is 1. The number of halogens is 2. The Balaban J connectivity index is 2.41. The number of hydrogen-bond donors (Lipinski definition) is 2. The number of nitrogen functional groups attached to an aromatic ring is 1. The Hall–Kier alpha value is -3.67. The monoisotopic (exact) mass is 482 g/mol. The fourth-order valence-corrected chi connectivity index (χ4v) is 3.13. The van der Waals surface area contributed by atoms with Crippen LogP contribution in [0.5, 0.6) is 11.5 Å². The van der Waals surface area contributed by atoms with E-state index in [4.69, 9.17) is 15.2 Å². The van der Waals surface area contributed by atoms with Crippen molar-refractivity contribution in [3.63, 3.8) is 0 Å². The van der Waals surface area contributed by atoms with E-state index in [-0.39, 0.29) is 42.7 Å². The molecule has 0 aliphatic heterocycles. The summed E-state index contributed by atoms with van der Waals surface area (Å²) in [4.78, 5) is 41.1. The summed E-state index contributed by atoms with van der Waals surface area (Å²) in [7, 11) is 2.73. The molecule has 0 aliphatic rings. The number of unbranched alkanes of at least 4 members (excludes halogenated alkanes) is 1. The zero-order valence-electron chi connectivity index (χ0n) is 19.2. The van der Waals surface area contributed by atoms with Gasteiger partial charge in [-0.15, -0.1) is 0 Å². The number of amides is 1. The molecule has 34 heavy (non-hydrogen) atoms. The number of rotatable bonds is 12. The van der Waals surface area contributed by atoms with E-state index in [0.717, 1.165) is 11.3 Å². The third-order valence-electron chi connectivity index (χ3n) is 4.83. The van der Waals surface area contributed by atoms with Crippen LogP contribution in [0.4, 0.5) is 20.3 Å². The van der Waals surface area contributed by atoms with Gasteiger partial charge in [-0.25, -0.2) is 4.79 Å². The molecule has 0 fully saturated rings. The van der Waals surface area contributed by atoms with Crippen molar-refractivity contribution >= 4 is 23.5 Å². The fraction of sp³-hybridized carbons (Fsp3) is 0.409. The van der Waals surface area contributed by atoms with E-state index in [9.17, 15) is 23.2 Å². The van der Waals surface area contributed by atoms with Gasteiger partial charge in [-0.1, -0.05) is 19.4 Å². The Morgan fingerprint density at radius 3 is 2.62 bits per heavy atom. The average Bonchev–Trinajstić information content (AvgIpc) is 2.79. The lowest BCUT2D eigenvalue weighted by atomic mass is 10.2. The maximum Gasteiger partial charge on any atom is 0.387 e. The molecule has 1 heterocycles. The van der Waals surface area contributed by atoms with Crippen LogP contribution in [-0.4, -0.2) is 49.4 Å². The highest BCUT2D eigenvalue weighted by Gasteiger charge is 2.23. The number of carbonyl (C=O) groups excluding carboxylic acids is 1. The smallest absolute Gasteiger partial charge is 0.387 e. The molecule has 0 unspecified atom stereocenters. The van der Waals surface area contributed by atoms with Gasteiger partial charge >= 0.3 is 12.3 Å². The van der Waals surface area contributed by atoms with Gasteiger partial charge in [-0.3, -0.25) is 24.0 Å². The van der Waals surface area contributed by atoms with Crippen LogP contribution in [-0.2, 0) is 16.1 Å². The standard InChI is InChI=1S/C22H28F2N4O6/c1-4-5-10-28-19(25)18(20(30)26-22(28)31)27(11-12-32-2)17(29)9-7-14-6-8-15(34-21(23)24)16(13-14)33-3/h6-9,13,21H,4-5,10-12,25H2,1-3H3,(H,26,30,31)/b9-7+. The number of ether oxygens (including phenoxy) is 3. The molecule has 0 saturated carbocycles. The maximum absolute atomic E-state index is 13.0. The Labute approximate surface area is 194 Å². The molecule has 0 saturated heterocycles. The molecule has 1 amide bonds. The molecular weight excluding hydrogens is 454 g/mol. The number of H-pyrrole nitrogens is 1. The van der Waals surface area contributed by atoms with Gasteiger partial charge < -0.3 is 19.9 Å². The summed E-state index contributed by atoms with van der Waals surface area (Å²) in [5, 5.41) is 0. The van der Waals surface area contributed by atoms with Gasteiger partial charge in [0.25, 0.3) is 11.5 Å². The number of anilines is 2. The van der Waals surface area contributed by atoms with Crippen LogP contribution in [0.3, 0.4) is 0 Å². The van der Waals surface area contributed by atoms with Gasteiger partial charge in [0, 0.05) is 26.3 Å². The summed E-state index contributed by atoms with van der Waals surface area (Å²) < 4.78 is 40.7. The Morgan fingerprint density at radius 2 is 2.00 bits per heavy atom. The van der Waals surface area contributed by atoms with Crippen molar-refractivity contribution < 1.29 is 27.8 Å². The van der Waals surface area contributed by atoms with Gasteiger partial charge in [0.2, 0.25) is 0 Å². The van der Waals surface area contributed by atoms with E-state index in [1.54, 1.807) is 0 Å². The van der Waals surface area contributed by atoms with Crippen molar-refractivity contribution in [1.29, 1.82) is 0 Å². The maximum atomic E-state index is 13.0. The number of nitrogens with zero attached hydrogens (tertiary/aromatic N) is 2. The van der Waals surface area contributed by atoms with Crippen molar-refractivity contribution in [2.45, 2.75) is 32.9 Å². The van der Waals surface area contributed by atoms with E-state index in [1.807, 2.05) is 6.92 Å². The molecular formula is C22H28F2N4O6. The summed E-state index contributed by atoms with van der Waals surface area (Å²) in [5.41, 5.74) is 4.95. The second-order valence-corrected chi connectivity index (χ2v) is 7.10. The molecule has 186 valence electrons. The molecule has 0 aliphatic carbocycles. The normalized spacial score (nSPS) is 11.2. The van der Waals surface area contributed by atoms with Crippen molar-refractivity contribution in [2.24, 2.45) is 0 Å². The van der Waals surface area contributed by atoms with E-state index >= 15 is 0 Å². The van der Waals surface area contributed by atoms with Gasteiger partial charge in [0.1, 0.15) is 5.82 Å². The molecule has 3 N–H and O–H groups in total. The molecule has 1 aromatic heterocycles. The first kappa shape index (κ1) is 26.6. The highest BCUT2D eigenvalue weighted by atomic mass is 19.3. The summed E-state index contributed by atoms with van der Waals surface area (Å²) >= 11 is 0. The van der Waals surface area contributed by atoms with Crippen LogP contribution in [0.2, 0.25) is 0 Å². The third-order valence-corrected chi connectivity index (χ3v) is 4.83. The van der Waals surface area contributed by atoms with Crippen LogP contribution < -0.4 is 31.4 Å². The number of methoxy groups -OCH3 is 2. The molecule has 12 heteroatoms. The first-order chi connectivity index (χ1) is 16.2. The minimum absolute atomic E-state index is 0.0105. The number of hydrogen-bond acceptors (Lipinski definition) is 7. The topological polar surface area (TPSA) is 129 Å². The lowest BCUT2D eigenvalue weighted by molar-refractivity contribution is -0.114. The zero-order valence-corrected chi connectivity index (χ0v) is 19.2. The molecule has 0 radical (unpaired) electrons. The molecule has 10 nitrogen and oxygen atoms in total. The van der Waals surface area contributed by atoms with Gasteiger partial charge in [-0.2, -0.15) is 8.78 Å². The lowest BCUT2D eigenvalue weighted by Gasteiger charge is -2.23. The van der Waals surface area contributed by atoms with Crippen molar-refractivity contribution in [3.8, 4) is 11.5 Å². The van der Waals surface area contributed by atoms with Gasteiger partial charge in [0.15, 0.2) is 17.2 Å². The number of benzene rings is 1. The molecule has 0 spiro atoms. The highest BCUT2D eigenvalue weighted by Crippen LogP contribution is 2.30. The minimum atomic E-state index is -3.02. The highest BCUT2D eigenvalue weighted by molar-refractivity contribution is 6.05. The molecule has 2 rings (SSSR count). The van der Waals surface area contributed by atoms with E-state index in [2.05, 4.69) is 9.72 Å². The number of alkyl halides is 2. The van der Waals surface area contributed by atoms with Gasteiger partial charge in [-0.05, 0) is 30.2 Å². The quantitative estimate of drug-likeness (QED) is 0.444. The van der Waals surface area contributed by atoms with E-state index < -0.39 is 23.8 Å². The summed E-state index contributed by atoms with van der Waals surface area (Å²) in [6.07, 6.45) is 4.03. The number of nitrogens with one attached hydrogen (secondary N) is 1. The zero-order chi connectivity index (χ0) is 25.3. The van der Waals surface area contributed by atoms with Crippen LogP contribution in [0.15, 0.2) is 33.9 Å². The number of aromatic nitrogens is 2. The Morgan fingerprint density at radius 1 is 1.26 bits per heavy atom. The second-order valence-electron chi connectivity index (χ2n) is 7.10. The summed E-state index contributed by atoms with van der Waals surface area (Å²) in [6.45, 7) is -0.715. The third kappa shape index (κ3) is 6.67. The first-order valence-corrected chi connectivity index (χ1v) is 10.5. The van der Waals surface area contributed by atoms with Gasteiger partial charge in [0.05, 0.1) is 13.7 Å². The predicted octanol–water partition coefficient (Wildman–Crippen LogP) is 2.22. The first-order valence-electron chi connectivity index (χ1n) is 10.5. The van der Waals surface area contributed by atoms with Crippen LogP contribution in [0, 0.1) is 0 Å². The molecule has 0 atom stereocenters. The van der Waals surface area contributed by atoms with Crippen LogP contribution in [0.25, 0.3) is 6.08 Å². The van der Waals surface area contributed by atoms with E-state index in [0.29, 0.717) is 12.0 Å². The van der Waals surface area contributed by atoms with E-state index in [1.165, 1.54) is 49.1 Å². The second kappa shape index (κ2) is 12.5. The molecule has 1 aromatic carbocycles. The van der Waals surface area contributed by atoms with Crippen LogP contribution in [0.1, 0.15) is 25.3 Å². The largest absolute Gasteiger partial charge is 0.493 e. The summed E-state index contributed by atoms with van der Waals surface area (Å²) in [6, 6.07) is 4.15. The molecule has 2 aromatic rings. The SMILES string of the molecule is CCCCn1c(N)c(N(CCOC)C(=O)/C=C/c2ccc(OC(F)F)c(OC)c2)c(=O)[nH]c1=O. The minimum Gasteiger partial charge on any atom is -0.493 e.